The molecule has 4 aromatic rings. The van der Waals surface area contributed by atoms with Crippen molar-refractivity contribution in [2.45, 2.75) is 19.9 Å². The van der Waals surface area contributed by atoms with Crippen LogP contribution in [0.2, 0.25) is 0 Å². The minimum absolute atomic E-state index is 0.0704. The van der Waals surface area contributed by atoms with E-state index in [2.05, 4.69) is 20.9 Å². The smallest absolute Gasteiger partial charge is 0.301 e. The number of halogens is 1. The Morgan fingerprint density at radius 1 is 1.06 bits per heavy atom. The molecule has 0 spiro atoms. The Morgan fingerprint density at radius 2 is 1.75 bits per heavy atom. The van der Waals surface area contributed by atoms with Gasteiger partial charge in [-0.1, -0.05) is 47.2 Å². The first-order valence-corrected chi connectivity index (χ1v) is 12.6. The number of phenolic OH excluding ortho intramolecular Hbond substituents is 1. The third-order valence-electron chi connectivity index (χ3n) is 6.09. The average Bonchev–Trinajstić information content (AvgIpc) is 3.38. The monoisotopic (exact) mass is 564 g/mol. The highest BCUT2D eigenvalue weighted by Crippen LogP contribution is 2.47. The summed E-state index contributed by atoms with van der Waals surface area (Å²) in [6.07, 6.45) is 0. The maximum Gasteiger partial charge on any atom is 0.301 e. The number of anilines is 1. The molecule has 1 fully saturated rings. The molecule has 0 bridgehead atoms. The Bertz CT molecular complexity index is 1580. The number of hydrogen-bond acceptors (Lipinski definition) is 7. The van der Waals surface area contributed by atoms with Crippen LogP contribution in [0.15, 0.2) is 64.6 Å². The van der Waals surface area contributed by atoms with E-state index in [1.54, 1.807) is 24.3 Å². The van der Waals surface area contributed by atoms with Crippen molar-refractivity contribution >= 4 is 60.1 Å². The lowest BCUT2D eigenvalue weighted by Crippen LogP contribution is -2.29. The molecule has 3 aromatic carbocycles. The number of amides is 1. The predicted octanol–water partition coefficient (Wildman–Crippen LogP) is 6.02. The Labute approximate surface area is 219 Å². The molecule has 5 rings (SSSR count). The number of ether oxygens (including phenoxy) is 1. The molecular weight excluding hydrogens is 544 g/mol. The second-order valence-electron chi connectivity index (χ2n) is 8.56. The predicted molar refractivity (Wildman–Crippen MR) is 143 cm³/mol. The highest BCUT2D eigenvalue weighted by atomic mass is 79.9. The molecule has 2 heterocycles. The van der Waals surface area contributed by atoms with Gasteiger partial charge >= 0.3 is 5.91 Å². The quantitative estimate of drug-likeness (QED) is 0.179. The van der Waals surface area contributed by atoms with Crippen LogP contribution in [0.4, 0.5) is 5.13 Å². The van der Waals surface area contributed by atoms with Crippen LogP contribution < -0.4 is 9.64 Å². The molecule has 1 atom stereocenters. The maximum atomic E-state index is 13.4. The molecular formula is C27H21BrN2O5S. The van der Waals surface area contributed by atoms with E-state index >= 15 is 0 Å². The molecule has 182 valence electrons. The van der Waals surface area contributed by atoms with Gasteiger partial charge in [-0.05, 0) is 65.2 Å². The van der Waals surface area contributed by atoms with Gasteiger partial charge in [0.2, 0.25) is 0 Å². The molecule has 36 heavy (non-hydrogen) atoms. The first-order chi connectivity index (χ1) is 17.2. The third kappa shape index (κ3) is 3.94. The van der Waals surface area contributed by atoms with E-state index in [0.717, 1.165) is 15.8 Å². The number of aliphatic hydroxyl groups excluding tert-OH is 1. The van der Waals surface area contributed by atoms with Gasteiger partial charge in [-0.2, -0.15) is 0 Å². The van der Waals surface area contributed by atoms with E-state index in [1.807, 2.05) is 44.2 Å². The third-order valence-corrected chi connectivity index (χ3v) is 7.72. The highest BCUT2D eigenvalue weighted by Gasteiger charge is 2.48. The van der Waals surface area contributed by atoms with Gasteiger partial charge in [-0.15, -0.1) is 0 Å². The van der Waals surface area contributed by atoms with Crippen molar-refractivity contribution in [1.82, 2.24) is 4.98 Å². The molecule has 1 aliphatic rings. The summed E-state index contributed by atoms with van der Waals surface area (Å²) in [6, 6.07) is 14.9. The van der Waals surface area contributed by atoms with Crippen LogP contribution in [0.1, 0.15) is 28.3 Å². The molecule has 1 saturated heterocycles. The number of phenols is 1. The lowest BCUT2D eigenvalue weighted by atomic mass is 9.95. The normalized spacial score (nSPS) is 17.2. The maximum absolute atomic E-state index is 13.4. The van der Waals surface area contributed by atoms with Crippen LogP contribution in [0.25, 0.3) is 16.0 Å². The number of Topliss-reactive ketones (excluding diaryl/α,β-unsaturated/α-hetero) is 1. The van der Waals surface area contributed by atoms with Gasteiger partial charge in [-0.25, -0.2) is 4.98 Å². The summed E-state index contributed by atoms with van der Waals surface area (Å²) in [7, 11) is 1.41. The SMILES string of the molecule is COc1cc(C2C(=C(O)c3ccc(C)cc3)C(=O)C(=O)N2c2nc3ccc(C)cc3s2)cc(Br)c1O. The second kappa shape index (κ2) is 9.07. The van der Waals surface area contributed by atoms with Crippen molar-refractivity contribution in [3.63, 3.8) is 0 Å². The van der Waals surface area contributed by atoms with E-state index in [4.69, 9.17) is 4.74 Å². The Hall–Kier alpha value is -3.69. The summed E-state index contributed by atoms with van der Waals surface area (Å²) in [5.41, 5.74) is 3.53. The summed E-state index contributed by atoms with van der Waals surface area (Å²) in [4.78, 5) is 32.8. The van der Waals surface area contributed by atoms with Crippen molar-refractivity contribution in [2.75, 3.05) is 12.0 Å². The van der Waals surface area contributed by atoms with Gasteiger partial charge in [0.1, 0.15) is 5.76 Å². The number of thiazole rings is 1. The van der Waals surface area contributed by atoms with Crippen molar-refractivity contribution in [1.29, 1.82) is 0 Å². The van der Waals surface area contributed by atoms with Crippen molar-refractivity contribution in [3.05, 3.63) is 86.9 Å². The topological polar surface area (TPSA) is 100.0 Å². The average molecular weight is 565 g/mol. The summed E-state index contributed by atoms with van der Waals surface area (Å²) in [6.45, 7) is 3.88. The molecule has 0 saturated carbocycles. The minimum atomic E-state index is -1.00. The van der Waals surface area contributed by atoms with Gasteiger partial charge in [0.25, 0.3) is 5.78 Å². The summed E-state index contributed by atoms with van der Waals surface area (Å²) in [5, 5.41) is 22.0. The van der Waals surface area contributed by atoms with Crippen LogP contribution >= 0.6 is 27.3 Å². The van der Waals surface area contributed by atoms with E-state index in [1.165, 1.54) is 23.3 Å². The van der Waals surface area contributed by atoms with Crippen LogP contribution in [0.5, 0.6) is 11.5 Å². The standard InChI is InChI=1S/C27H21BrN2O5S/c1-13-4-7-15(8-5-13)23(31)21-22(16-11-17(28)24(32)19(12-16)35-3)30(26(34)25(21)33)27-29-18-9-6-14(2)10-20(18)36-27/h4-12,22,31-32H,1-3H3. The molecule has 0 radical (unpaired) electrons. The lowest BCUT2D eigenvalue weighted by Gasteiger charge is -2.24. The number of carbonyl (C=O) groups is 2. The number of aromatic nitrogens is 1. The van der Waals surface area contributed by atoms with E-state index in [9.17, 15) is 19.8 Å². The summed E-state index contributed by atoms with van der Waals surface area (Å²) >= 11 is 4.61. The molecule has 1 unspecified atom stereocenters. The number of aliphatic hydroxyl groups is 1. The number of benzene rings is 3. The highest BCUT2D eigenvalue weighted by molar-refractivity contribution is 9.10. The van der Waals surface area contributed by atoms with Gasteiger partial charge in [-0.3, -0.25) is 14.5 Å². The fraction of sp³-hybridized carbons (Fsp3) is 0.148. The van der Waals surface area contributed by atoms with E-state index in [0.29, 0.717) is 26.2 Å². The Kier molecular flexibility index (Phi) is 6.05. The molecule has 2 N–H and O–H groups in total. The zero-order valence-electron chi connectivity index (χ0n) is 19.6. The fourth-order valence-electron chi connectivity index (χ4n) is 4.24. The van der Waals surface area contributed by atoms with Crippen molar-refractivity contribution < 1.29 is 24.5 Å². The van der Waals surface area contributed by atoms with E-state index in [-0.39, 0.29) is 22.8 Å². The number of ketones is 1. The zero-order valence-corrected chi connectivity index (χ0v) is 22.0. The number of aryl methyl sites for hydroxylation is 2. The summed E-state index contributed by atoms with van der Waals surface area (Å²) in [5.74, 6) is -1.88. The lowest BCUT2D eigenvalue weighted by molar-refractivity contribution is -0.132. The number of fused-ring (bicyclic) bond motifs is 1. The number of nitrogens with zero attached hydrogens (tertiary/aromatic N) is 2. The first-order valence-electron chi connectivity index (χ1n) is 11.0. The van der Waals surface area contributed by atoms with Crippen molar-refractivity contribution in [2.24, 2.45) is 0 Å². The van der Waals surface area contributed by atoms with Crippen LogP contribution in [0, 0.1) is 13.8 Å². The number of rotatable bonds is 4. The van der Waals surface area contributed by atoms with Crippen LogP contribution in [0.3, 0.4) is 0 Å². The van der Waals surface area contributed by atoms with Crippen LogP contribution in [-0.4, -0.2) is 34.0 Å². The van der Waals surface area contributed by atoms with E-state index < -0.39 is 17.7 Å². The second-order valence-corrected chi connectivity index (χ2v) is 10.4. The number of aromatic hydroxyl groups is 1. The minimum Gasteiger partial charge on any atom is -0.507 e. The van der Waals surface area contributed by atoms with Gasteiger partial charge in [0.05, 0.1) is 33.4 Å². The Balaban J connectivity index is 1.77. The van der Waals surface area contributed by atoms with Gasteiger partial charge < -0.3 is 14.9 Å². The first kappa shape index (κ1) is 24.0. The molecule has 7 nitrogen and oxygen atoms in total. The molecule has 1 aliphatic heterocycles. The Morgan fingerprint density at radius 3 is 2.44 bits per heavy atom. The number of carbonyl (C=O) groups excluding carboxylic acids is 2. The molecule has 9 heteroatoms. The fourth-order valence-corrected chi connectivity index (χ4v) is 5.79. The number of methoxy groups -OCH3 is 1. The largest absolute Gasteiger partial charge is 0.507 e. The summed E-state index contributed by atoms with van der Waals surface area (Å²) < 4.78 is 6.50. The van der Waals surface area contributed by atoms with Crippen molar-refractivity contribution in [3.8, 4) is 11.5 Å². The van der Waals surface area contributed by atoms with Gasteiger partial charge in [0, 0.05) is 5.56 Å². The molecule has 1 aromatic heterocycles. The molecule has 1 amide bonds. The van der Waals surface area contributed by atoms with Gasteiger partial charge in [0.15, 0.2) is 16.6 Å². The van der Waals surface area contributed by atoms with Crippen LogP contribution in [-0.2, 0) is 9.59 Å². The zero-order chi connectivity index (χ0) is 25.7. The molecule has 0 aliphatic carbocycles. The number of hydrogen-bond donors (Lipinski definition) is 2.